The number of aromatic amines is 1. The Hall–Kier alpha value is -3.26. The van der Waals surface area contributed by atoms with E-state index in [0.717, 1.165) is 25.1 Å². The molecule has 3 aromatic rings. The van der Waals surface area contributed by atoms with Crippen LogP contribution >= 0.6 is 0 Å². The molecule has 1 aliphatic carbocycles. The van der Waals surface area contributed by atoms with E-state index in [0.29, 0.717) is 47.2 Å². The first kappa shape index (κ1) is 21.6. The van der Waals surface area contributed by atoms with Gasteiger partial charge in [0.2, 0.25) is 0 Å². The van der Waals surface area contributed by atoms with Crippen molar-refractivity contribution in [3.63, 3.8) is 0 Å². The molecule has 0 saturated carbocycles. The van der Waals surface area contributed by atoms with Crippen molar-refractivity contribution < 1.29 is 14.2 Å². The molecule has 5 rings (SSSR count). The molecule has 174 valence electrons. The first-order chi connectivity index (χ1) is 16.1. The average Bonchev–Trinajstić information content (AvgIpc) is 3.26. The molecule has 1 aliphatic heterocycles. The van der Waals surface area contributed by atoms with Gasteiger partial charge in [-0.3, -0.25) is 9.36 Å². The van der Waals surface area contributed by atoms with Crippen LogP contribution < -0.4 is 30.8 Å². The van der Waals surface area contributed by atoms with Crippen LogP contribution in [0.4, 0.5) is 0 Å². The third kappa shape index (κ3) is 3.49. The fraction of sp³-hybridized carbons (Fsp3) is 0.440. The fourth-order valence-electron chi connectivity index (χ4n) is 5.72. The summed E-state index contributed by atoms with van der Waals surface area (Å²) in [6.07, 6.45) is 2.81. The van der Waals surface area contributed by atoms with E-state index in [9.17, 15) is 9.59 Å². The summed E-state index contributed by atoms with van der Waals surface area (Å²) in [5.41, 5.74) is 2.21. The average molecular weight is 452 g/mol. The number of nitrogens with one attached hydrogen (secondary N) is 2. The predicted octanol–water partition coefficient (Wildman–Crippen LogP) is 2.42. The molecule has 1 aromatic heterocycles. The highest BCUT2D eigenvalue weighted by atomic mass is 16.5. The lowest BCUT2D eigenvalue weighted by Gasteiger charge is -2.32. The zero-order valence-electron chi connectivity index (χ0n) is 19.1. The summed E-state index contributed by atoms with van der Waals surface area (Å²) in [6, 6.07) is 9.81. The predicted molar refractivity (Wildman–Crippen MR) is 126 cm³/mol. The van der Waals surface area contributed by atoms with Gasteiger partial charge in [-0.2, -0.15) is 0 Å². The number of ether oxygens (including phenoxy) is 3. The van der Waals surface area contributed by atoms with Crippen molar-refractivity contribution in [1.29, 1.82) is 0 Å². The van der Waals surface area contributed by atoms with Crippen LogP contribution in [0.25, 0.3) is 10.9 Å². The number of nitrogens with zero attached hydrogens (tertiary/aromatic N) is 1. The molecule has 8 nitrogen and oxygen atoms in total. The summed E-state index contributed by atoms with van der Waals surface area (Å²) in [7, 11) is 4.72. The first-order valence-corrected chi connectivity index (χ1v) is 11.3. The largest absolute Gasteiger partial charge is 0.496 e. The van der Waals surface area contributed by atoms with E-state index in [2.05, 4.69) is 22.4 Å². The van der Waals surface area contributed by atoms with Gasteiger partial charge in [-0.05, 0) is 61.1 Å². The molecule has 0 amide bonds. The van der Waals surface area contributed by atoms with E-state index in [1.807, 2.05) is 6.07 Å². The van der Waals surface area contributed by atoms with Crippen LogP contribution in [0.1, 0.15) is 29.9 Å². The van der Waals surface area contributed by atoms with Gasteiger partial charge in [-0.1, -0.05) is 12.1 Å². The zero-order chi connectivity index (χ0) is 23.1. The summed E-state index contributed by atoms with van der Waals surface area (Å²) < 4.78 is 17.6. The Kier molecular flexibility index (Phi) is 5.62. The second-order valence-corrected chi connectivity index (χ2v) is 8.77. The molecule has 0 spiro atoms. The van der Waals surface area contributed by atoms with E-state index < -0.39 is 5.69 Å². The lowest BCUT2D eigenvalue weighted by Crippen LogP contribution is -2.38. The maximum Gasteiger partial charge on any atom is 0.328 e. The van der Waals surface area contributed by atoms with E-state index in [1.165, 1.54) is 29.9 Å². The van der Waals surface area contributed by atoms with Gasteiger partial charge in [0, 0.05) is 18.5 Å². The Labute approximate surface area is 191 Å². The van der Waals surface area contributed by atoms with Gasteiger partial charge in [-0.15, -0.1) is 0 Å². The maximum atomic E-state index is 13.2. The normalized spacial score (nSPS) is 21.5. The highest BCUT2D eigenvalue weighted by Gasteiger charge is 2.40. The van der Waals surface area contributed by atoms with Gasteiger partial charge in [0.05, 0.1) is 26.7 Å². The number of H-pyrrole nitrogens is 1. The maximum absolute atomic E-state index is 13.2. The molecule has 2 N–H and O–H groups in total. The SMILES string of the molecule is COc1cccc2c1CC[C@H]1CNC(CCn3c(=O)[nH]c4c(OC)c(OC)ccc4c3=O)[C@@H]21. The highest BCUT2D eigenvalue weighted by molar-refractivity contribution is 5.86. The molecule has 33 heavy (non-hydrogen) atoms. The minimum absolute atomic E-state index is 0.188. The molecule has 1 unspecified atom stereocenters. The number of hydrogen-bond donors (Lipinski definition) is 2. The number of hydrogen-bond acceptors (Lipinski definition) is 6. The molecule has 8 heteroatoms. The Morgan fingerprint density at radius 2 is 1.85 bits per heavy atom. The molecule has 2 heterocycles. The summed E-state index contributed by atoms with van der Waals surface area (Å²) in [6.45, 7) is 1.28. The summed E-state index contributed by atoms with van der Waals surface area (Å²) >= 11 is 0. The first-order valence-electron chi connectivity index (χ1n) is 11.3. The van der Waals surface area contributed by atoms with Crippen molar-refractivity contribution >= 4 is 10.9 Å². The minimum Gasteiger partial charge on any atom is -0.496 e. The topological polar surface area (TPSA) is 94.6 Å². The molecule has 3 atom stereocenters. The van der Waals surface area contributed by atoms with Gasteiger partial charge >= 0.3 is 5.69 Å². The van der Waals surface area contributed by atoms with Crippen molar-refractivity contribution in [1.82, 2.24) is 14.9 Å². The van der Waals surface area contributed by atoms with E-state index in [4.69, 9.17) is 14.2 Å². The minimum atomic E-state index is -0.445. The Morgan fingerprint density at radius 1 is 1.03 bits per heavy atom. The van der Waals surface area contributed by atoms with Crippen LogP contribution in [0.3, 0.4) is 0 Å². The quantitative estimate of drug-likeness (QED) is 0.598. The van der Waals surface area contributed by atoms with Gasteiger partial charge in [-0.25, -0.2) is 4.79 Å². The van der Waals surface area contributed by atoms with Crippen LogP contribution in [0.15, 0.2) is 39.9 Å². The second-order valence-electron chi connectivity index (χ2n) is 8.77. The Balaban J connectivity index is 1.46. The molecular weight excluding hydrogens is 422 g/mol. The third-order valence-corrected chi connectivity index (χ3v) is 7.26. The second kappa shape index (κ2) is 8.59. The van der Waals surface area contributed by atoms with E-state index >= 15 is 0 Å². The van der Waals surface area contributed by atoms with Crippen molar-refractivity contribution in [2.45, 2.75) is 37.8 Å². The lowest BCUT2D eigenvalue weighted by atomic mass is 9.73. The smallest absolute Gasteiger partial charge is 0.328 e. The van der Waals surface area contributed by atoms with Crippen LogP contribution in [-0.4, -0.2) is 43.5 Å². The van der Waals surface area contributed by atoms with Gasteiger partial charge in [0.1, 0.15) is 11.3 Å². The van der Waals surface area contributed by atoms with Crippen LogP contribution in [0, 0.1) is 5.92 Å². The van der Waals surface area contributed by atoms with Crippen LogP contribution in [0.2, 0.25) is 0 Å². The molecule has 1 saturated heterocycles. The fourth-order valence-corrected chi connectivity index (χ4v) is 5.72. The number of fused-ring (bicyclic) bond motifs is 4. The summed E-state index contributed by atoms with van der Waals surface area (Å²) in [5, 5.41) is 4.05. The molecule has 0 radical (unpaired) electrons. The summed E-state index contributed by atoms with van der Waals surface area (Å²) in [4.78, 5) is 28.9. The number of methoxy groups -OCH3 is 3. The molecule has 0 bridgehead atoms. The van der Waals surface area contributed by atoms with E-state index in [-0.39, 0.29) is 11.6 Å². The molecule has 1 fully saturated rings. The van der Waals surface area contributed by atoms with Crippen molar-refractivity contribution in [2.24, 2.45) is 5.92 Å². The number of benzene rings is 2. The van der Waals surface area contributed by atoms with Crippen molar-refractivity contribution in [3.8, 4) is 17.2 Å². The highest BCUT2D eigenvalue weighted by Crippen LogP contribution is 2.45. The number of aromatic nitrogens is 2. The standard InChI is InChI=1S/C25H29N3O5/c1-31-19-6-4-5-16-15(19)8-7-14-13-26-18(21(14)16)11-12-28-24(29)17-9-10-20(32-2)23(33-3)22(17)27-25(28)30/h4-6,9-10,14,18,21,26H,7-8,11-13H2,1-3H3,(H,27,30)/t14-,18?,21+/m0/s1. The third-order valence-electron chi connectivity index (χ3n) is 7.26. The Morgan fingerprint density at radius 3 is 2.61 bits per heavy atom. The Bertz CT molecular complexity index is 1310. The zero-order valence-corrected chi connectivity index (χ0v) is 19.1. The lowest BCUT2D eigenvalue weighted by molar-refractivity contribution is 0.357. The van der Waals surface area contributed by atoms with E-state index in [1.54, 1.807) is 19.2 Å². The number of rotatable bonds is 6. The summed E-state index contributed by atoms with van der Waals surface area (Å²) in [5.74, 6) is 2.67. The molecule has 2 aromatic carbocycles. The molecular formula is C25H29N3O5. The van der Waals surface area contributed by atoms with Crippen LogP contribution in [-0.2, 0) is 13.0 Å². The van der Waals surface area contributed by atoms with Crippen molar-refractivity contribution in [2.75, 3.05) is 27.9 Å². The monoisotopic (exact) mass is 451 g/mol. The van der Waals surface area contributed by atoms with Crippen LogP contribution in [0.5, 0.6) is 17.2 Å². The van der Waals surface area contributed by atoms with Gasteiger partial charge in [0.15, 0.2) is 11.5 Å². The van der Waals surface area contributed by atoms with Crippen molar-refractivity contribution in [3.05, 3.63) is 62.3 Å². The molecule has 2 aliphatic rings. The van der Waals surface area contributed by atoms with Gasteiger partial charge < -0.3 is 24.5 Å². The van der Waals surface area contributed by atoms with Gasteiger partial charge in [0.25, 0.3) is 5.56 Å².